The van der Waals surface area contributed by atoms with Crippen molar-refractivity contribution in [3.05, 3.63) is 40.7 Å². The van der Waals surface area contributed by atoms with E-state index in [0.717, 1.165) is 30.0 Å². The van der Waals surface area contributed by atoms with Crippen molar-refractivity contribution >= 4 is 5.69 Å². The van der Waals surface area contributed by atoms with Crippen molar-refractivity contribution in [3.63, 3.8) is 0 Å². The predicted molar refractivity (Wildman–Crippen MR) is 85.0 cm³/mol. The number of rotatable bonds is 3. The van der Waals surface area contributed by atoms with Crippen LogP contribution in [-0.2, 0) is 13.5 Å². The zero-order valence-corrected chi connectivity index (χ0v) is 13.2. The van der Waals surface area contributed by atoms with Gasteiger partial charge in [0.15, 0.2) is 0 Å². The number of hydrogen-bond acceptors (Lipinski definition) is 3. The quantitative estimate of drug-likeness (QED) is 0.937. The fourth-order valence-corrected chi connectivity index (χ4v) is 3.21. The van der Waals surface area contributed by atoms with Gasteiger partial charge in [0.25, 0.3) is 0 Å². The minimum absolute atomic E-state index is 0.338. The van der Waals surface area contributed by atoms with Gasteiger partial charge < -0.3 is 10.1 Å². The molecule has 1 N–H and O–H groups in total. The number of anilines is 1. The van der Waals surface area contributed by atoms with Crippen LogP contribution in [0.15, 0.2) is 18.2 Å². The van der Waals surface area contributed by atoms with Gasteiger partial charge in [0, 0.05) is 7.05 Å². The smallest absolute Gasteiger partial charge is 0.119 e. The molecule has 0 bridgehead atoms. The van der Waals surface area contributed by atoms with Crippen molar-refractivity contribution in [1.29, 1.82) is 0 Å². The molecule has 1 atom stereocenters. The highest BCUT2D eigenvalue weighted by atomic mass is 16.5. The molecule has 4 nitrogen and oxygen atoms in total. The van der Waals surface area contributed by atoms with Crippen molar-refractivity contribution in [2.45, 2.75) is 39.2 Å². The topological polar surface area (TPSA) is 39.1 Å². The van der Waals surface area contributed by atoms with Crippen LogP contribution in [0.4, 0.5) is 5.69 Å². The second-order valence-electron chi connectivity index (χ2n) is 5.82. The maximum Gasteiger partial charge on any atom is 0.119 e. The van der Waals surface area contributed by atoms with Gasteiger partial charge in [0.1, 0.15) is 5.75 Å². The van der Waals surface area contributed by atoms with Crippen LogP contribution in [0.5, 0.6) is 5.75 Å². The molecule has 1 aromatic carbocycles. The first kappa shape index (κ1) is 14.0. The first-order chi connectivity index (χ1) is 10.1. The first-order valence-electron chi connectivity index (χ1n) is 7.53. The number of aromatic nitrogens is 2. The molecular weight excluding hydrogens is 262 g/mol. The Morgan fingerprint density at radius 3 is 2.81 bits per heavy atom. The molecule has 1 heterocycles. The Morgan fingerprint density at radius 2 is 2.14 bits per heavy atom. The van der Waals surface area contributed by atoms with Gasteiger partial charge >= 0.3 is 0 Å². The normalized spacial score (nSPS) is 17.4. The van der Waals surface area contributed by atoms with E-state index in [-0.39, 0.29) is 0 Å². The first-order valence-corrected chi connectivity index (χ1v) is 7.53. The third kappa shape index (κ3) is 2.50. The Hall–Kier alpha value is -1.97. The summed E-state index contributed by atoms with van der Waals surface area (Å²) in [4.78, 5) is 0. The number of aryl methyl sites for hydroxylation is 3. The summed E-state index contributed by atoms with van der Waals surface area (Å²) in [5, 5.41) is 8.20. The van der Waals surface area contributed by atoms with Gasteiger partial charge in [-0.1, -0.05) is 6.07 Å². The molecule has 0 fully saturated rings. The highest BCUT2D eigenvalue weighted by Gasteiger charge is 2.22. The van der Waals surface area contributed by atoms with Gasteiger partial charge in [-0.25, -0.2) is 0 Å². The monoisotopic (exact) mass is 285 g/mol. The predicted octanol–water partition coefficient (Wildman–Crippen LogP) is 3.54. The molecule has 2 aromatic rings. The van der Waals surface area contributed by atoms with Gasteiger partial charge in [0.2, 0.25) is 0 Å². The molecule has 0 aliphatic heterocycles. The SMILES string of the molecule is COc1ccc2c(c1)C(Nc1c(C)nn(C)c1C)CCC2. The third-order valence-electron chi connectivity index (χ3n) is 4.49. The summed E-state index contributed by atoms with van der Waals surface area (Å²) in [5.74, 6) is 0.932. The maximum atomic E-state index is 5.39. The minimum atomic E-state index is 0.338. The molecule has 1 aromatic heterocycles. The molecule has 4 heteroatoms. The van der Waals surface area contributed by atoms with E-state index < -0.39 is 0 Å². The second-order valence-corrected chi connectivity index (χ2v) is 5.82. The number of nitrogens with zero attached hydrogens (tertiary/aromatic N) is 2. The van der Waals surface area contributed by atoms with Gasteiger partial charge in [0.05, 0.1) is 30.2 Å². The molecule has 0 spiro atoms. The molecule has 0 radical (unpaired) electrons. The zero-order valence-electron chi connectivity index (χ0n) is 13.2. The van der Waals surface area contributed by atoms with Crippen LogP contribution in [0, 0.1) is 13.8 Å². The van der Waals surface area contributed by atoms with Gasteiger partial charge in [-0.2, -0.15) is 5.10 Å². The lowest BCUT2D eigenvalue weighted by atomic mass is 9.87. The molecule has 0 saturated carbocycles. The number of hydrogen-bond donors (Lipinski definition) is 1. The largest absolute Gasteiger partial charge is 0.497 e. The maximum absolute atomic E-state index is 5.39. The molecule has 1 unspecified atom stereocenters. The molecule has 112 valence electrons. The fraction of sp³-hybridized carbons (Fsp3) is 0.471. The number of benzene rings is 1. The number of methoxy groups -OCH3 is 1. The average molecular weight is 285 g/mol. The van der Waals surface area contributed by atoms with E-state index >= 15 is 0 Å². The Bertz CT molecular complexity index is 660. The molecule has 1 aliphatic rings. The average Bonchev–Trinajstić information content (AvgIpc) is 2.73. The van der Waals surface area contributed by atoms with E-state index in [4.69, 9.17) is 4.74 Å². The van der Waals surface area contributed by atoms with Gasteiger partial charge in [-0.15, -0.1) is 0 Å². The van der Waals surface area contributed by atoms with Crippen LogP contribution in [0.3, 0.4) is 0 Å². The molecular formula is C17H23N3O. The molecule has 3 rings (SSSR count). The summed E-state index contributed by atoms with van der Waals surface area (Å²) >= 11 is 0. The Labute approximate surface area is 126 Å². The summed E-state index contributed by atoms with van der Waals surface area (Å²) in [7, 11) is 3.72. The second kappa shape index (κ2) is 5.43. The van der Waals surface area contributed by atoms with Crippen LogP contribution in [0.1, 0.15) is 41.4 Å². The summed E-state index contributed by atoms with van der Waals surface area (Å²) in [6.07, 6.45) is 3.52. The van der Waals surface area contributed by atoms with Crippen LogP contribution in [0.2, 0.25) is 0 Å². The van der Waals surface area contributed by atoms with Gasteiger partial charge in [-0.3, -0.25) is 4.68 Å². The molecule has 21 heavy (non-hydrogen) atoms. The van der Waals surface area contributed by atoms with E-state index in [2.05, 4.69) is 42.5 Å². The highest BCUT2D eigenvalue weighted by Crippen LogP contribution is 2.36. The van der Waals surface area contributed by atoms with E-state index in [1.165, 1.54) is 23.2 Å². The van der Waals surface area contributed by atoms with Crippen molar-refractivity contribution in [2.24, 2.45) is 7.05 Å². The van der Waals surface area contributed by atoms with E-state index in [9.17, 15) is 0 Å². The summed E-state index contributed by atoms with van der Waals surface area (Å²) < 4.78 is 7.32. The van der Waals surface area contributed by atoms with Crippen LogP contribution in [0.25, 0.3) is 0 Å². The van der Waals surface area contributed by atoms with Crippen molar-refractivity contribution in [2.75, 3.05) is 12.4 Å². The lowest BCUT2D eigenvalue weighted by Crippen LogP contribution is -2.18. The van der Waals surface area contributed by atoms with Crippen molar-refractivity contribution in [3.8, 4) is 5.75 Å². The standard InChI is InChI=1S/C17H23N3O/c1-11-17(12(2)20(3)19-11)18-16-7-5-6-13-8-9-14(21-4)10-15(13)16/h8-10,16,18H,5-7H2,1-4H3. The van der Waals surface area contributed by atoms with Gasteiger partial charge in [-0.05, 0) is 56.4 Å². The van der Waals surface area contributed by atoms with Crippen LogP contribution >= 0.6 is 0 Å². The van der Waals surface area contributed by atoms with E-state index in [1.807, 2.05) is 11.7 Å². The zero-order chi connectivity index (χ0) is 15.0. The minimum Gasteiger partial charge on any atom is -0.497 e. The highest BCUT2D eigenvalue weighted by molar-refractivity contribution is 5.55. The Balaban J connectivity index is 1.94. The van der Waals surface area contributed by atoms with Crippen LogP contribution in [-0.4, -0.2) is 16.9 Å². The third-order valence-corrected chi connectivity index (χ3v) is 4.49. The summed E-state index contributed by atoms with van der Waals surface area (Å²) in [5.41, 5.74) is 6.20. The lowest BCUT2D eigenvalue weighted by molar-refractivity contribution is 0.413. The number of ether oxygens (including phenoxy) is 1. The molecule has 1 aliphatic carbocycles. The van der Waals surface area contributed by atoms with Crippen molar-refractivity contribution in [1.82, 2.24) is 9.78 Å². The van der Waals surface area contributed by atoms with E-state index in [1.54, 1.807) is 7.11 Å². The summed E-state index contributed by atoms with van der Waals surface area (Å²) in [6.45, 7) is 4.17. The van der Waals surface area contributed by atoms with Crippen LogP contribution < -0.4 is 10.1 Å². The molecule has 0 amide bonds. The Kier molecular flexibility index (Phi) is 3.62. The number of fused-ring (bicyclic) bond motifs is 1. The molecule has 0 saturated heterocycles. The lowest BCUT2D eigenvalue weighted by Gasteiger charge is -2.28. The Morgan fingerprint density at radius 1 is 1.33 bits per heavy atom. The number of nitrogens with one attached hydrogen (secondary N) is 1. The van der Waals surface area contributed by atoms with Crippen molar-refractivity contribution < 1.29 is 4.74 Å². The fourth-order valence-electron chi connectivity index (χ4n) is 3.21. The summed E-state index contributed by atoms with van der Waals surface area (Å²) in [6, 6.07) is 6.77. The van der Waals surface area contributed by atoms with E-state index in [0.29, 0.717) is 6.04 Å².